The highest BCUT2D eigenvalue weighted by molar-refractivity contribution is 5.99. The van der Waals surface area contributed by atoms with E-state index in [-0.39, 0.29) is 11.8 Å². The first-order valence-electron chi connectivity index (χ1n) is 9.76. The summed E-state index contributed by atoms with van der Waals surface area (Å²) in [7, 11) is 0. The molecule has 0 unspecified atom stereocenters. The van der Waals surface area contributed by atoms with E-state index in [0.29, 0.717) is 23.5 Å². The van der Waals surface area contributed by atoms with Gasteiger partial charge in [0, 0.05) is 11.1 Å². The molecular weight excluding hydrogens is 352 g/mol. The van der Waals surface area contributed by atoms with E-state index in [1.807, 2.05) is 32.9 Å². The predicted molar refractivity (Wildman–Crippen MR) is 111 cm³/mol. The monoisotopic (exact) mass is 382 g/mol. The zero-order chi connectivity index (χ0) is 20.6. The van der Waals surface area contributed by atoms with Crippen LogP contribution in [0.25, 0.3) is 0 Å². The summed E-state index contributed by atoms with van der Waals surface area (Å²) < 4.78 is 5.76. The normalized spacial score (nSPS) is 11.0. The molecular formula is C23H30N2O3. The van der Waals surface area contributed by atoms with Crippen LogP contribution in [0.3, 0.4) is 0 Å². The van der Waals surface area contributed by atoms with Gasteiger partial charge in [0.2, 0.25) is 0 Å². The molecule has 0 heterocycles. The summed E-state index contributed by atoms with van der Waals surface area (Å²) in [5.74, 6) is 0.0526. The Balaban J connectivity index is 2.16. The Hall–Kier alpha value is -2.82. The lowest BCUT2D eigenvalue weighted by Gasteiger charge is -2.35. The van der Waals surface area contributed by atoms with Gasteiger partial charge in [0.15, 0.2) is 0 Å². The number of hydrazine groups is 1. The second kappa shape index (κ2) is 9.93. The van der Waals surface area contributed by atoms with Crippen LogP contribution >= 0.6 is 0 Å². The molecule has 0 saturated carbocycles. The second-order valence-corrected chi connectivity index (χ2v) is 7.70. The quantitative estimate of drug-likeness (QED) is 0.550. The van der Waals surface area contributed by atoms with E-state index >= 15 is 0 Å². The molecule has 2 aromatic carbocycles. The number of unbranched alkanes of at least 4 members (excludes halogenated alkanes) is 2. The smallest absolute Gasteiger partial charge is 0.272 e. The van der Waals surface area contributed by atoms with Crippen LogP contribution in [0.4, 0.5) is 0 Å². The number of carbonyl (C=O) groups excluding carboxylic acids is 2. The first-order valence-corrected chi connectivity index (χ1v) is 9.76. The van der Waals surface area contributed by atoms with Crippen molar-refractivity contribution in [3.8, 4) is 5.75 Å². The molecule has 0 aliphatic carbocycles. The summed E-state index contributed by atoms with van der Waals surface area (Å²) >= 11 is 0. The number of ether oxygens (including phenoxy) is 1. The molecule has 150 valence electrons. The zero-order valence-electron chi connectivity index (χ0n) is 17.2. The van der Waals surface area contributed by atoms with Crippen molar-refractivity contribution in [2.24, 2.45) is 0 Å². The van der Waals surface area contributed by atoms with Gasteiger partial charge in [-0.25, -0.2) is 5.01 Å². The van der Waals surface area contributed by atoms with Gasteiger partial charge in [0.25, 0.3) is 11.8 Å². The summed E-state index contributed by atoms with van der Waals surface area (Å²) in [6.07, 6.45) is 3.22. The Kier molecular flexibility index (Phi) is 7.61. The van der Waals surface area contributed by atoms with Crippen LogP contribution in [0.1, 0.15) is 67.7 Å². The lowest BCUT2D eigenvalue weighted by Crippen LogP contribution is -2.55. The molecule has 28 heavy (non-hydrogen) atoms. The highest BCUT2D eigenvalue weighted by atomic mass is 16.5. The van der Waals surface area contributed by atoms with Gasteiger partial charge in [0.05, 0.1) is 12.1 Å². The minimum absolute atomic E-state index is 0.282. The van der Waals surface area contributed by atoms with Crippen LogP contribution in [0.2, 0.25) is 0 Å². The van der Waals surface area contributed by atoms with E-state index in [1.54, 1.807) is 42.5 Å². The fourth-order valence-corrected chi connectivity index (χ4v) is 2.67. The van der Waals surface area contributed by atoms with Gasteiger partial charge in [-0.2, -0.15) is 0 Å². The molecule has 2 amide bonds. The summed E-state index contributed by atoms with van der Waals surface area (Å²) in [5.41, 5.74) is 3.12. The molecule has 0 aromatic heterocycles. The predicted octanol–water partition coefficient (Wildman–Crippen LogP) is 4.84. The van der Waals surface area contributed by atoms with Crippen molar-refractivity contribution in [3.63, 3.8) is 0 Å². The number of nitrogens with zero attached hydrogens (tertiary/aromatic N) is 1. The zero-order valence-corrected chi connectivity index (χ0v) is 17.2. The van der Waals surface area contributed by atoms with Crippen LogP contribution in [-0.2, 0) is 0 Å². The number of hydrogen-bond donors (Lipinski definition) is 1. The third kappa shape index (κ3) is 6.12. The van der Waals surface area contributed by atoms with Gasteiger partial charge in [0.1, 0.15) is 5.75 Å². The topological polar surface area (TPSA) is 58.6 Å². The molecule has 0 spiro atoms. The molecule has 2 aromatic rings. The molecule has 2 rings (SSSR count). The molecule has 0 fully saturated rings. The summed E-state index contributed by atoms with van der Waals surface area (Å²) in [6.45, 7) is 8.40. The lowest BCUT2D eigenvalue weighted by molar-refractivity contribution is 0.0358. The van der Waals surface area contributed by atoms with Gasteiger partial charge in [-0.1, -0.05) is 44.0 Å². The van der Waals surface area contributed by atoms with Crippen molar-refractivity contribution in [3.05, 3.63) is 65.7 Å². The molecule has 0 saturated heterocycles. The van der Waals surface area contributed by atoms with E-state index in [9.17, 15) is 9.59 Å². The van der Waals surface area contributed by atoms with E-state index in [1.165, 1.54) is 5.01 Å². The number of benzene rings is 2. The van der Waals surface area contributed by atoms with E-state index in [0.717, 1.165) is 19.3 Å². The number of amides is 2. The highest BCUT2D eigenvalue weighted by Gasteiger charge is 2.29. The van der Waals surface area contributed by atoms with Crippen molar-refractivity contribution < 1.29 is 14.3 Å². The van der Waals surface area contributed by atoms with Crippen molar-refractivity contribution in [2.45, 2.75) is 52.5 Å². The maximum atomic E-state index is 13.1. The third-order valence-electron chi connectivity index (χ3n) is 4.22. The average Bonchev–Trinajstić information content (AvgIpc) is 2.69. The highest BCUT2D eigenvalue weighted by Crippen LogP contribution is 2.19. The molecule has 1 N–H and O–H groups in total. The molecule has 0 atom stereocenters. The van der Waals surface area contributed by atoms with Crippen LogP contribution in [0.5, 0.6) is 5.75 Å². The molecule has 5 nitrogen and oxygen atoms in total. The number of rotatable bonds is 7. The minimum atomic E-state index is -0.598. The van der Waals surface area contributed by atoms with Gasteiger partial charge >= 0.3 is 0 Å². The van der Waals surface area contributed by atoms with Gasteiger partial charge < -0.3 is 4.74 Å². The maximum Gasteiger partial charge on any atom is 0.272 e. The molecule has 0 aliphatic rings. The Morgan fingerprint density at radius 1 is 0.964 bits per heavy atom. The first kappa shape index (κ1) is 21.5. The van der Waals surface area contributed by atoms with E-state index in [2.05, 4.69) is 12.3 Å². The van der Waals surface area contributed by atoms with Gasteiger partial charge in [-0.15, -0.1) is 0 Å². The van der Waals surface area contributed by atoms with Gasteiger partial charge in [-0.05, 0) is 57.5 Å². The fraction of sp³-hybridized carbons (Fsp3) is 0.391. The Bertz CT molecular complexity index is 782. The average molecular weight is 383 g/mol. The number of hydrogen-bond acceptors (Lipinski definition) is 3. The maximum absolute atomic E-state index is 13.1. The minimum Gasteiger partial charge on any atom is -0.494 e. The van der Waals surface area contributed by atoms with E-state index in [4.69, 9.17) is 4.74 Å². The third-order valence-corrected chi connectivity index (χ3v) is 4.22. The summed E-state index contributed by atoms with van der Waals surface area (Å²) in [4.78, 5) is 25.7. The van der Waals surface area contributed by atoms with E-state index < -0.39 is 5.54 Å². The fourth-order valence-electron chi connectivity index (χ4n) is 2.67. The Morgan fingerprint density at radius 2 is 1.64 bits per heavy atom. The van der Waals surface area contributed by atoms with Crippen LogP contribution in [-0.4, -0.2) is 29.0 Å². The standard InChI is InChI=1S/C23H30N2O3/c1-5-6-10-16-28-20-15-11-14-19(17-20)22(27)25(23(2,3)4)24-21(26)18-12-8-7-9-13-18/h7-9,11-15,17H,5-6,10,16H2,1-4H3,(H,24,26). The molecule has 5 heteroatoms. The molecule has 0 radical (unpaired) electrons. The summed E-state index contributed by atoms with van der Waals surface area (Å²) in [5, 5.41) is 1.37. The van der Waals surface area contributed by atoms with Crippen LogP contribution in [0.15, 0.2) is 54.6 Å². The van der Waals surface area contributed by atoms with Gasteiger partial charge in [-0.3, -0.25) is 15.0 Å². The number of carbonyl (C=O) groups is 2. The van der Waals surface area contributed by atoms with Crippen molar-refractivity contribution in [1.82, 2.24) is 10.4 Å². The van der Waals surface area contributed by atoms with Crippen molar-refractivity contribution in [2.75, 3.05) is 6.61 Å². The van der Waals surface area contributed by atoms with Crippen molar-refractivity contribution >= 4 is 11.8 Å². The first-order chi connectivity index (χ1) is 13.3. The molecule has 0 bridgehead atoms. The Labute approximate surface area is 167 Å². The lowest BCUT2D eigenvalue weighted by atomic mass is 10.1. The second-order valence-electron chi connectivity index (χ2n) is 7.70. The van der Waals surface area contributed by atoms with Crippen LogP contribution < -0.4 is 10.2 Å². The summed E-state index contributed by atoms with van der Waals surface area (Å²) in [6, 6.07) is 15.9. The Morgan fingerprint density at radius 3 is 2.29 bits per heavy atom. The largest absolute Gasteiger partial charge is 0.494 e. The van der Waals surface area contributed by atoms with Crippen molar-refractivity contribution in [1.29, 1.82) is 0 Å². The number of nitrogens with one attached hydrogen (secondary N) is 1. The van der Waals surface area contributed by atoms with Crippen LogP contribution in [0, 0.1) is 0 Å². The SMILES string of the molecule is CCCCCOc1cccc(C(=O)N(NC(=O)c2ccccc2)C(C)(C)C)c1. The molecule has 0 aliphatic heterocycles.